The lowest BCUT2D eigenvalue weighted by Gasteiger charge is -2.12. The number of benzene rings is 1. The van der Waals surface area contributed by atoms with E-state index in [1.54, 1.807) is 0 Å². The highest BCUT2D eigenvalue weighted by Crippen LogP contribution is 2.20. The van der Waals surface area contributed by atoms with Crippen LogP contribution in [0.3, 0.4) is 0 Å². The zero-order valence-corrected chi connectivity index (χ0v) is 10.0. The number of carbonyl (C=O) groups excluding carboxylic acids is 1. The normalized spacial score (nSPS) is 19.3. The fourth-order valence-electron chi connectivity index (χ4n) is 1.91. The summed E-state index contributed by atoms with van der Waals surface area (Å²) in [5.41, 5.74) is 8.51. The number of carbonyl (C=O) groups is 1. The highest BCUT2D eigenvalue weighted by molar-refractivity contribution is 5.93. The van der Waals surface area contributed by atoms with Crippen molar-refractivity contribution in [3.05, 3.63) is 29.3 Å². The molecule has 0 saturated carbocycles. The molecule has 0 spiro atoms. The molecule has 0 radical (unpaired) electrons. The van der Waals surface area contributed by atoms with Crippen molar-refractivity contribution in [3.63, 3.8) is 0 Å². The standard InChI is InChI=1S/C13H18N2O2/c1-9-2-3-10(7-14)6-12(9)15-13(16)11-4-5-17-8-11/h2-3,6,11H,4-5,7-8,14H2,1H3,(H,15,16). The van der Waals surface area contributed by atoms with Gasteiger partial charge in [0, 0.05) is 18.8 Å². The minimum absolute atomic E-state index is 0.0177. The molecule has 1 unspecified atom stereocenters. The van der Waals surface area contributed by atoms with Gasteiger partial charge in [0.1, 0.15) is 0 Å². The van der Waals surface area contributed by atoms with Crippen LogP contribution in [0, 0.1) is 12.8 Å². The van der Waals surface area contributed by atoms with E-state index < -0.39 is 0 Å². The van der Waals surface area contributed by atoms with Crippen molar-refractivity contribution < 1.29 is 9.53 Å². The molecule has 3 N–H and O–H groups in total. The lowest BCUT2D eigenvalue weighted by atomic mass is 10.1. The number of ether oxygens (including phenoxy) is 1. The lowest BCUT2D eigenvalue weighted by molar-refractivity contribution is -0.119. The molecule has 1 fully saturated rings. The van der Waals surface area contributed by atoms with Crippen LogP contribution in [0.25, 0.3) is 0 Å². The van der Waals surface area contributed by atoms with Crippen LogP contribution < -0.4 is 11.1 Å². The number of anilines is 1. The third kappa shape index (κ3) is 2.84. The summed E-state index contributed by atoms with van der Waals surface area (Å²) in [6.07, 6.45) is 0.807. The van der Waals surface area contributed by atoms with E-state index in [9.17, 15) is 4.79 Å². The van der Waals surface area contributed by atoms with Gasteiger partial charge in [0.05, 0.1) is 12.5 Å². The maximum absolute atomic E-state index is 11.9. The van der Waals surface area contributed by atoms with Crippen LogP contribution in [-0.2, 0) is 16.1 Å². The lowest BCUT2D eigenvalue weighted by Crippen LogP contribution is -2.23. The Bertz CT molecular complexity index is 412. The van der Waals surface area contributed by atoms with Crippen molar-refractivity contribution in [2.75, 3.05) is 18.5 Å². The van der Waals surface area contributed by atoms with Crippen molar-refractivity contribution >= 4 is 11.6 Å². The first-order valence-electron chi connectivity index (χ1n) is 5.89. The van der Waals surface area contributed by atoms with Gasteiger partial charge < -0.3 is 15.8 Å². The van der Waals surface area contributed by atoms with Gasteiger partial charge in [-0.15, -0.1) is 0 Å². The van der Waals surface area contributed by atoms with Crippen LogP contribution in [-0.4, -0.2) is 19.1 Å². The van der Waals surface area contributed by atoms with Crippen molar-refractivity contribution in [2.24, 2.45) is 11.7 Å². The van der Waals surface area contributed by atoms with E-state index >= 15 is 0 Å². The molecule has 1 amide bonds. The van der Waals surface area contributed by atoms with E-state index in [0.29, 0.717) is 19.8 Å². The summed E-state index contributed by atoms with van der Waals surface area (Å²) in [4.78, 5) is 11.9. The second kappa shape index (κ2) is 5.29. The number of hydrogen-bond acceptors (Lipinski definition) is 3. The highest BCUT2D eigenvalue weighted by atomic mass is 16.5. The molecule has 4 heteroatoms. The van der Waals surface area contributed by atoms with Gasteiger partial charge in [-0.25, -0.2) is 0 Å². The number of nitrogens with two attached hydrogens (primary N) is 1. The van der Waals surface area contributed by atoms with Crippen molar-refractivity contribution in [2.45, 2.75) is 19.9 Å². The third-order valence-corrected chi connectivity index (χ3v) is 3.10. The Kier molecular flexibility index (Phi) is 3.76. The van der Waals surface area contributed by atoms with Crippen molar-refractivity contribution in [1.29, 1.82) is 0 Å². The first-order valence-corrected chi connectivity index (χ1v) is 5.89. The van der Waals surface area contributed by atoms with E-state index in [2.05, 4.69) is 5.32 Å². The van der Waals surface area contributed by atoms with Crippen LogP contribution in [0.4, 0.5) is 5.69 Å². The van der Waals surface area contributed by atoms with Gasteiger partial charge in [-0.05, 0) is 30.5 Å². The fraction of sp³-hybridized carbons (Fsp3) is 0.462. The molecule has 1 aromatic rings. The maximum Gasteiger partial charge on any atom is 0.229 e. The third-order valence-electron chi connectivity index (χ3n) is 3.10. The molecule has 0 aromatic heterocycles. The molecule has 1 aliphatic heterocycles. The number of nitrogens with one attached hydrogen (secondary N) is 1. The minimum Gasteiger partial charge on any atom is -0.381 e. The monoisotopic (exact) mass is 234 g/mol. The number of aryl methyl sites for hydroxylation is 1. The van der Waals surface area contributed by atoms with Gasteiger partial charge >= 0.3 is 0 Å². The predicted molar refractivity (Wildman–Crippen MR) is 66.6 cm³/mol. The van der Waals surface area contributed by atoms with Crippen LogP contribution in [0.2, 0.25) is 0 Å². The summed E-state index contributed by atoms with van der Waals surface area (Å²) in [7, 11) is 0. The van der Waals surface area contributed by atoms with Gasteiger partial charge in [0.25, 0.3) is 0 Å². The van der Waals surface area contributed by atoms with E-state index in [1.165, 1.54) is 0 Å². The Labute approximate surface area is 101 Å². The molecule has 4 nitrogen and oxygen atoms in total. The zero-order valence-electron chi connectivity index (χ0n) is 10.0. The summed E-state index contributed by atoms with van der Waals surface area (Å²) >= 11 is 0. The first kappa shape index (κ1) is 12.1. The topological polar surface area (TPSA) is 64.3 Å². The van der Waals surface area contributed by atoms with Gasteiger partial charge in [0.15, 0.2) is 0 Å². The molecule has 2 rings (SSSR count). The number of rotatable bonds is 3. The van der Waals surface area contributed by atoms with E-state index in [0.717, 1.165) is 23.2 Å². The Balaban J connectivity index is 2.09. The van der Waals surface area contributed by atoms with E-state index in [-0.39, 0.29) is 11.8 Å². The van der Waals surface area contributed by atoms with Crippen molar-refractivity contribution in [1.82, 2.24) is 0 Å². The van der Waals surface area contributed by atoms with Gasteiger partial charge in [0.2, 0.25) is 5.91 Å². The molecule has 1 aromatic carbocycles. The summed E-state index contributed by atoms with van der Waals surface area (Å²) in [5, 5.41) is 2.95. The summed E-state index contributed by atoms with van der Waals surface area (Å²) < 4.78 is 5.21. The molecule has 1 atom stereocenters. The first-order chi connectivity index (χ1) is 8.20. The minimum atomic E-state index is -0.0177. The number of amides is 1. The summed E-state index contributed by atoms with van der Waals surface area (Å²) in [6, 6.07) is 5.88. The zero-order chi connectivity index (χ0) is 12.3. The Morgan fingerprint density at radius 1 is 1.59 bits per heavy atom. The largest absolute Gasteiger partial charge is 0.381 e. The van der Waals surface area contributed by atoms with Gasteiger partial charge in [-0.1, -0.05) is 12.1 Å². The molecule has 17 heavy (non-hydrogen) atoms. The molecule has 92 valence electrons. The average Bonchev–Trinajstić information content (AvgIpc) is 2.85. The van der Waals surface area contributed by atoms with Crippen LogP contribution in [0.5, 0.6) is 0 Å². The Hall–Kier alpha value is -1.39. The van der Waals surface area contributed by atoms with E-state index in [4.69, 9.17) is 10.5 Å². The highest BCUT2D eigenvalue weighted by Gasteiger charge is 2.23. The molecule has 1 saturated heterocycles. The van der Waals surface area contributed by atoms with Gasteiger partial charge in [-0.3, -0.25) is 4.79 Å². The average molecular weight is 234 g/mol. The van der Waals surface area contributed by atoms with Gasteiger partial charge in [-0.2, -0.15) is 0 Å². The Morgan fingerprint density at radius 2 is 2.41 bits per heavy atom. The maximum atomic E-state index is 11.9. The molecule has 0 aliphatic carbocycles. The number of hydrogen-bond donors (Lipinski definition) is 2. The molecular formula is C13H18N2O2. The Morgan fingerprint density at radius 3 is 3.06 bits per heavy atom. The fourth-order valence-corrected chi connectivity index (χ4v) is 1.91. The van der Waals surface area contributed by atoms with Crippen LogP contribution in [0.15, 0.2) is 18.2 Å². The smallest absolute Gasteiger partial charge is 0.229 e. The summed E-state index contributed by atoms with van der Waals surface area (Å²) in [5.74, 6) is 0.0238. The summed E-state index contributed by atoms with van der Waals surface area (Å²) in [6.45, 7) is 3.66. The van der Waals surface area contributed by atoms with Crippen LogP contribution >= 0.6 is 0 Å². The molecular weight excluding hydrogens is 216 g/mol. The predicted octanol–water partition coefficient (Wildman–Crippen LogP) is 1.43. The SMILES string of the molecule is Cc1ccc(CN)cc1NC(=O)C1CCOC1. The van der Waals surface area contributed by atoms with E-state index in [1.807, 2.05) is 25.1 Å². The van der Waals surface area contributed by atoms with Crippen molar-refractivity contribution in [3.8, 4) is 0 Å². The van der Waals surface area contributed by atoms with Crippen LogP contribution in [0.1, 0.15) is 17.5 Å². The quantitative estimate of drug-likeness (QED) is 0.831. The molecule has 0 bridgehead atoms. The second-order valence-corrected chi connectivity index (χ2v) is 4.40. The molecule has 1 heterocycles. The molecule has 1 aliphatic rings. The second-order valence-electron chi connectivity index (χ2n) is 4.40.